The Labute approximate surface area is 147 Å². The van der Waals surface area contributed by atoms with Gasteiger partial charge in [-0.25, -0.2) is 4.98 Å². The first-order valence-corrected chi connectivity index (χ1v) is 8.83. The van der Waals surface area contributed by atoms with Gasteiger partial charge < -0.3 is 4.90 Å². The maximum atomic E-state index is 12.5. The average Bonchev–Trinajstić information content (AvgIpc) is 2.97. The van der Waals surface area contributed by atoms with E-state index in [1.54, 1.807) is 11.7 Å². The van der Waals surface area contributed by atoms with E-state index in [4.69, 9.17) is 0 Å². The van der Waals surface area contributed by atoms with Crippen molar-refractivity contribution in [1.29, 1.82) is 0 Å². The number of aromatic nitrogens is 4. The lowest BCUT2D eigenvalue weighted by molar-refractivity contribution is -0.133. The van der Waals surface area contributed by atoms with Crippen molar-refractivity contribution in [3.05, 3.63) is 22.9 Å². The largest absolute Gasteiger partial charge is 0.339 e. The van der Waals surface area contributed by atoms with Crippen molar-refractivity contribution in [3.8, 4) is 0 Å². The molecule has 1 saturated heterocycles. The molecule has 0 spiro atoms. The zero-order chi connectivity index (χ0) is 18.0. The maximum absolute atomic E-state index is 12.5. The van der Waals surface area contributed by atoms with Crippen LogP contribution in [-0.2, 0) is 18.4 Å². The molecule has 0 radical (unpaired) electrons. The van der Waals surface area contributed by atoms with Crippen LogP contribution in [0.5, 0.6) is 0 Å². The molecule has 0 N–H and O–H groups in total. The molecule has 8 heteroatoms. The van der Waals surface area contributed by atoms with Gasteiger partial charge in [0.1, 0.15) is 18.3 Å². The zero-order valence-electron chi connectivity index (χ0n) is 15.2. The molecule has 0 aromatic carbocycles. The molecule has 0 unspecified atom stereocenters. The lowest BCUT2D eigenvalue weighted by Gasteiger charge is -2.35. The SMILES string of the molecule is CC(C)CCN1CCN(C(=O)Cn2cnc3c(cnn3C)c2=O)CC1. The molecule has 0 saturated carbocycles. The molecule has 136 valence electrons. The topological polar surface area (TPSA) is 76.3 Å². The molecule has 3 rings (SSSR count). The summed E-state index contributed by atoms with van der Waals surface area (Å²) in [5, 5.41) is 4.49. The zero-order valence-corrected chi connectivity index (χ0v) is 15.2. The number of amides is 1. The van der Waals surface area contributed by atoms with Gasteiger partial charge in [-0.05, 0) is 18.9 Å². The Morgan fingerprint density at radius 3 is 2.64 bits per heavy atom. The molecule has 1 amide bonds. The van der Waals surface area contributed by atoms with Gasteiger partial charge in [-0.3, -0.25) is 23.7 Å². The first-order valence-electron chi connectivity index (χ1n) is 8.83. The molecule has 3 heterocycles. The average molecular weight is 346 g/mol. The summed E-state index contributed by atoms with van der Waals surface area (Å²) in [6.07, 6.45) is 4.11. The van der Waals surface area contributed by atoms with Crippen LogP contribution >= 0.6 is 0 Å². The Morgan fingerprint density at radius 2 is 1.96 bits per heavy atom. The second-order valence-electron chi connectivity index (χ2n) is 7.09. The molecule has 25 heavy (non-hydrogen) atoms. The second-order valence-corrected chi connectivity index (χ2v) is 7.09. The molecule has 2 aromatic rings. The number of hydrogen-bond acceptors (Lipinski definition) is 5. The van der Waals surface area contributed by atoms with Crippen LogP contribution < -0.4 is 5.56 Å². The fourth-order valence-electron chi connectivity index (χ4n) is 3.09. The van der Waals surface area contributed by atoms with Gasteiger partial charge in [0.2, 0.25) is 5.91 Å². The van der Waals surface area contributed by atoms with Crippen molar-refractivity contribution in [3.63, 3.8) is 0 Å². The molecule has 2 aromatic heterocycles. The lowest BCUT2D eigenvalue weighted by atomic mass is 10.1. The molecular weight excluding hydrogens is 320 g/mol. The lowest BCUT2D eigenvalue weighted by Crippen LogP contribution is -2.50. The fourth-order valence-corrected chi connectivity index (χ4v) is 3.09. The van der Waals surface area contributed by atoms with Crippen LogP contribution in [0.15, 0.2) is 17.3 Å². The summed E-state index contributed by atoms with van der Waals surface area (Å²) in [5.74, 6) is 0.664. The van der Waals surface area contributed by atoms with E-state index in [2.05, 4.69) is 28.8 Å². The number of carbonyl (C=O) groups is 1. The minimum absolute atomic E-state index is 0.0304. The highest BCUT2D eigenvalue weighted by Crippen LogP contribution is 2.08. The molecule has 1 fully saturated rings. The molecule has 0 aliphatic carbocycles. The summed E-state index contributed by atoms with van der Waals surface area (Å²) in [6, 6.07) is 0. The summed E-state index contributed by atoms with van der Waals surface area (Å²) >= 11 is 0. The molecule has 0 bridgehead atoms. The van der Waals surface area contributed by atoms with E-state index < -0.39 is 0 Å². The maximum Gasteiger partial charge on any atom is 0.264 e. The number of rotatable bonds is 5. The fraction of sp³-hybridized carbons (Fsp3) is 0.647. The van der Waals surface area contributed by atoms with Crippen LogP contribution in [0, 0.1) is 5.92 Å². The number of fused-ring (bicyclic) bond motifs is 1. The number of nitrogens with zero attached hydrogens (tertiary/aromatic N) is 6. The third-order valence-electron chi connectivity index (χ3n) is 4.77. The first-order chi connectivity index (χ1) is 12.0. The van der Waals surface area contributed by atoms with E-state index >= 15 is 0 Å². The Balaban J connectivity index is 1.60. The van der Waals surface area contributed by atoms with Crippen LogP contribution in [0.1, 0.15) is 20.3 Å². The summed E-state index contributed by atoms with van der Waals surface area (Å²) in [6.45, 7) is 8.79. The monoisotopic (exact) mass is 346 g/mol. The van der Waals surface area contributed by atoms with Crippen LogP contribution in [-0.4, -0.2) is 67.8 Å². The molecule has 1 aliphatic rings. The van der Waals surface area contributed by atoms with Crippen molar-refractivity contribution in [2.75, 3.05) is 32.7 Å². The highest BCUT2D eigenvalue weighted by atomic mass is 16.2. The van der Waals surface area contributed by atoms with E-state index in [0.29, 0.717) is 30.0 Å². The van der Waals surface area contributed by atoms with E-state index in [-0.39, 0.29) is 18.0 Å². The van der Waals surface area contributed by atoms with Gasteiger partial charge in [0, 0.05) is 33.2 Å². The van der Waals surface area contributed by atoms with Crippen molar-refractivity contribution in [2.24, 2.45) is 13.0 Å². The highest BCUT2D eigenvalue weighted by Gasteiger charge is 2.22. The molecule has 0 atom stereocenters. The number of aryl methyl sites for hydroxylation is 1. The second kappa shape index (κ2) is 7.35. The predicted octanol–water partition coefficient (Wildman–Crippen LogP) is 0.320. The minimum atomic E-state index is -0.220. The van der Waals surface area contributed by atoms with E-state index in [1.807, 2.05) is 4.90 Å². The van der Waals surface area contributed by atoms with Crippen LogP contribution in [0.2, 0.25) is 0 Å². The van der Waals surface area contributed by atoms with Crippen LogP contribution in [0.4, 0.5) is 0 Å². The van der Waals surface area contributed by atoms with Gasteiger partial charge in [-0.2, -0.15) is 5.10 Å². The third-order valence-corrected chi connectivity index (χ3v) is 4.77. The standard InChI is InChI=1S/C17H26N6O2/c1-13(2)4-5-21-6-8-22(9-7-21)15(24)11-23-12-18-16-14(17(23)25)10-19-20(16)3/h10,12-13H,4-9,11H2,1-3H3. The van der Waals surface area contributed by atoms with Gasteiger partial charge in [0.15, 0.2) is 5.65 Å². The summed E-state index contributed by atoms with van der Waals surface area (Å²) in [4.78, 5) is 33.5. The van der Waals surface area contributed by atoms with Gasteiger partial charge in [-0.1, -0.05) is 13.8 Å². The number of piperazine rings is 1. The Morgan fingerprint density at radius 1 is 1.24 bits per heavy atom. The minimum Gasteiger partial charge on any atom is -0.339 e. The van der Waals surface area contributed by atoms with Gasteiger partial charge >= 0.3 is 0 Å². The molecular formula is C17H26N6O2. The molecule has 1 aliphatic heterocycles. The Hall–Kier alpha value is -2.22. The van der Waals surface area contributed by atoms with Crippen LogP contribution in [0.25, 0.3) is 11.0 Å². The normalized spacial score (nSPS) is 16.1. The van der Waals surface area contributed by atoms with Crippen molar-refractivity contribution in [1.82, 2.24) is 29.1 Å². The van der Waals surface area contributed by atoms with E-state index in [1.165, 1.54) is 23.5 Å². The van der Waals surface area contributed by atoms with Crippen LogP contribution in [0.3, 0.4) is 0 Å². The van der Waals surface area contributed by atoms with E-state index in [0.717, 1.165) is 19.6 Å². The smallest absolute Gasteiger partial charge is 0.264 e. The van der Waals surface area contributed by atoms with Crippen molar-refractivity contribution < 1.29 is 4.79 Å². The summed E-state index contributed by atoms with van der Waals surface area (Å²) in [7, 11) is 1.74. The Kier molecular flexibility index (Phi) is 5.17. The number of hydrogen-bond donors (Lipinski definition) is 0. The third kappa shape index (κ3) is 3.89. The number of carbonyl (C=O) groups excluding carboxylic acids is 1. The predicted molar refractivity (Wildman–Crippen MR) is 95.2 cm³/mol. The first kappa shape index (κ1) is 17.6. The quantitative estimate of drug-likeness (QED) is 0.779. The van der Waals surface area contributed by atoms with Gasteiger partial charge in [-0.15, -0.1) is 0 Å². The summed E-state index contributed by atoms with van der Waals surface area (Å²) < 4.78 is 2.93. The van der Waals surface area contributed by atoms with E-state index in [9.17, 15) is 9.59 Å². The summed E-state index contributed by atoms with van der Waals surface area (Å²) in [5.41, 5.74) is 0.314. The van der Waals surface area contributed by atoms with Gasteiger partial charge in [0.05, 0.1) is 6.20 Å². The van der Waals surface area contributed by atoms with Crippen molar-refractivity contribution >= 4 is 16.9 Å². The van der Waals surface area contributed by atoms with Gasteiger partial charge in [0.25, 0.3) is 5.56 Å². The van der Waals surface area contributed by atoms with Crippen molar-refractivity contribution in [2.45, 2.75) is 26.8 Å². The Bertz CT molecular complexity index is 801. The molecule has 8 nitrogen and oxygen atoms in total. The highest BCUT2D eigenvalue weighted by molar-refractivity contribution is 5.77.